The van der Waals surface area contributed by atoms with E-state index in [-0.39, 0.29) is 5.69 Å². The SMILES string of the molecule is CSc1nc(N2CCCCC2)c2cc(C(=O)Nc3ccccc3C(F)(F)F)sc2n1. The van der Waals surface area contributed by atoms with Gasteiger partial charge in [-0.1, -0.05) is 23.9 Å². The van der Waals surface area contributed by atoms with Gasteiger partial charge < -0.3 is 10.2 Å². The predicted molar refractivity (Wildman–Crippen MR) is 115 cm³/mol. The van der Waals surface area contributed by atoms with Gasteiger partial charge in [0.25, 0.3) is 5.91 Å². The Morgan fingerprint density at radius 3 is 2.60 bits per heavy atom. The maximum absolute atomic E-state index is 13.2. The molecule has 0 spiro atoms. The molecule has 0 saturated carbocycles. The number of thiophene rings is 1. The minimum absolute atomic E-state index is 0.264. The molecule has 158 valence electrons. The number of fused-ring (bicyclic) bond motifs is 1. The number of aromatic nitrogens is 2. The molecular formula is C20H19F3N4OS2. The summed E-state index contributed by atoms with van der Waals surface area (Å²) in [5.74, 6) is 0.194. The summed E-state index contributed by atoms with van der Waals surface area (Å²) in [7, 11) is 0. The van der Waals surface area contributed by atoms with Crippen LogP contribution in [0.25, 0.3) is 10.2 Å². The Hall–Kier alpha value is -2.33. The summed E-state index contributed by atoms with van der Waals surface area (Å²) in [6.45, 7) is 1.77. The van der Waals surface area contributed by atoms with Crippen LogP contribution in [0, 0.1) is 0 Å². The fraction of sp³-hybridized carbons (Fsp3) is 0.350. The quantitative estimate of drug-likeness (QED) is 0.408. The Bertz CT molecular complexity index is 1080. The monoisotopic (exact) mass is 452 g/mol. The van der Waals surface area contributed by atoms with Crippen LogP contribution in [-0.2, 0) is 6.18 Å². The molecular weight excluding hydrogens is 433 g/mol. The zero-order valence-corrected chi connectivity index (χ0v) is 17.8. The van der Waals surface area contributed by atoms with Gasteiger partial charge in [0, 0.05) is 13.1 Å². The Morgan fingerprint density at radius 1 is 1.17 bits per heavy atom. The average Bonchev–Trinajstić information content (AvgIpc) is 3.17. The van der Waals surface area contributed by atoms with Crippen LogP contribution in [0.15, 0.2) is 35.5 Å². The van der Waals surface area contributed by atoms with Gasteiger partial charge in [-0.3, -0.25) is 4.79 Å². The summed E-state index contributed by atoms with van der Waals surface area (Å²) in [6.07, 6.45) is 0.661. The second-order valence-electron chi connectivity index (χ2n) is 6.91. The van der Waals surface area contributed by atoms with Crippen LogP contribution < -0.4 is 10.2 Å². The number of hydrogen-bond donors (Lipinski definition) is 1. The molecule has 0 radical (unpaired) electrons. The second kappa shape index (κ2) is 8.43. The summed E-state index contributed by atoms with van der Waals surface area (Å²) in [4.78, 5) is 25.1. The van der Waals surface area contributed by atoms with Crippen LogP contribution in [0.1, 0.15) is 34.5 Å². The fourth-order valence-corrected chi connectivity index (χ4v) is 4.80. The van der Waals surface area contributed by atoms with Crippen LogP contribution in [0.2, 0.25) is 0 Å². The average molecular weight is 453 g/mol. The number of thioether (sulfide) groups is 1. The van der Waals surface area contributed by atoms with Crippen molar-refractivity contribution in [1.82, 2.24) is 9.97 Å². The molecule has 1 fully saturated rings. The number of halogens is 3. The molecule has 1 amide bonds. The van der Waals surface area contributed by atoms with Crippen LogP contribution in [0.3, 0.4) is 0 Å². The topological polar surface area (TPSA) is 58.1 Å². The van der Waals surface area contributed by atoms with Gasteiger partial charge in [-0.05, 0) is 43.7 Å². The number of benzene rings is 1. The maximum Gasteiger partial charge on any atom is 0.418 e. The number of para-hydroxylation sites is 1. The van der Waals surface area contributed by atoms with Crippen molar-refractivity contribution in [3.63, 3.8) is 0 Å². The van der Waals surface area contributed by atoms with Gasteiger partial charge in [0.2, 0.25) is 0 Å². The summed E-state index contributed by atoms with van der Waals surface area (Å²) in [6, 6.07) is 6.63. The van der Waals surface area contributed by atoms with Crippen LogP contribution in [0.4, 0.5) is 24.7 Å². The number of amides is 1. The standard InChI is InChI=1S/C20H19F3N4OS2/c1-29-19-25-16(27-9-5-2-6-10-27)12-11-15(30-18(12)26-19)17(28)24-14-8-4-3-7-13(14)20(21,22)23/h3-4,7-8,11H,2,5-6,9-10H2,1H3,(H,24,28). The lowest BCUT2D eigenvalue weighted by Gasteiger charge is -2.28. The Kier molecular flexibility index (Phi) is 5.88. The van der Waals surface area contributed by atoms with E-state index >= 15 is 0 Å². The number of nitrogens with zero attached hydrogens (tertiary/aromatic N) is 3. The normalized spacial score (nSPS) is 14.9. The van der Waals surface area contributed by atoms with Crippen molar-refractivity contribution >= 4 is 50.7 Å². The molecule has 1 N–H and O–H groups in total. The van der Waals surface area contributed by atoms with E-state index in [1.54, 1.807) is 6.07 Å². The lowest BCUT2D eigenvalue weighted by atomic mass is 10.1. The van der Waals surface area contributed by atoms with E-state index in [1.165, 1.54) is 36.4 Å². The van der Waals surface area contributed by atoms with E-state index in [0.29, 0.717) is 14.9 Å². The molecule has 3 heterocycles. The number of anilines is 2. The molecule has 10 heteroatoms. The van der Waals surface area contributed by atoms with Gasteiger partial charge in [0.05, 0.1) is 21.5 Å². The van der Waals surface area contributed by atoms with E-state index in [0.717, 1.165) is 54.5 Å². The van der Waals surface area contributed by atoms with Gasteiger partial charge in [-0.2, -0.15) is 13.2 Å². The molecule has 1 aliphatic heterocycles. The third kappa shape index (κ3) is 4.24. The van der Waals surface area contributed by atoms with Gasteiger partial charge in [0.15, 0.2) is 5.16 Å². The van der Waals surface area contributed by atoms with Crippen molar-refractivity contribution in [3.05, 3.63) is 40.8 Å². The lowest BCUT2D eigenvalue weighted by Crippen LogP contribution is -2.30. The van der Waals surface area contributed by atoms with Crippen molar-refractivity contribution in [2.45, 2.75) is 30.6 Å². The largest absolute Gasteiger partial charge is 0.418 e. The summed E-state index contributed by atoms with van der Waals surface area (Å²) in [5.41, 5.74) is -1.14. The Balaban J connectivity index is 1.69. The number of rotatable bonds is 4. The third-order valence-electron chi connectivity index (χ3n) is 4.89. The first-order valence-electron chi connectivity index (χ1n) is 9.45. The van der Waals surface area contributed by atoms with Crippen LogP contribution >= 0.6 is 23.1 Å². The van der Waals surface area contributed by atoms with Crippen LogP contribution in [0.5, 0.6) is 0 Å². The maximum atomic E-state index is 13.2. The smallest absolute Gasteiger partial charge is 0.356 e. The molecule has 1 aliphatic rings. The van der Waals surface area contributed by atoms with E-state index < -0.39 is 17.6 Å². The molecule has 4 rings (SSSR count). The Morgan fingerprint density at radius 2 is 1.90 bits per heavy atom. The molecule has 0 aliphatic carbocycles. The van der Waals surface area contributed by atoms with Gasteiger partial charge in [-0.25, -0.2) is 9.97 Å². The minimum atomic E-state index is -4.55. The molecule has 30 heavy (non-hydrogen) atoms. The van der Waals surface area contributed by atoms with Crippen molar-refractivity contribution in [2.75, 3.05) is 29.6 Å². The number of carbonyl (C=O) groups is 1. The molecule has 0 unspecified atom stereocenters. The van der Waals surface area contributed by atoms with Gasteiger partial charge in [0.1, 0.15) is 10.6 Å². The van der Waals surface area contributed by atoms with Gasteiger partial charge in [-0.15, -0.1) is 11.3 Å². The zero-order chi connectivity index (χ0) is 21.3. The van der Waals surface area contributed by atoms with Crippen LogP contribution in [-0.4, -0.2) is 35.2 Å². The van der Waals surface area contributed by atoms with Crippen molar-refractivity contribution < 1.29 is 18.0 Å². The molecule has 0 bridgehead atoms. The van der Waals surface area contributed by atoms with Crippen molar-refractivity contribution in [1.29, 1.82) is 0 Å². The third-order valence-corrected chi connectivity index (χ3v) is 6.47. The number of hydrogen-bond acceptors (Lipinski definition) is 6. The first kappa shape index (κ1) is 20.9. The molecule has 1 aromatic carbocycles. The highest BCUT2D eigenvalue weighted by Gasteiger charge is 2.33. The molecule has 5 nitrogen and oxygen atoms in total. The van der Waals surface area contributed by atoms with E-state index in [4.69, 9.17) is 0 Å². The van der Waals surface area contributed by atoms with E-state index in [9.17, 15) is 18.0 Å². The first-order chi connectivity index (χ1) is 14.4. The number of alkyl halides is 3. The minimum Gasteiger partial charge on any atom is -0.356 e. The highest BCUT2D eigenvalue weighted by molar-refractivity contribution is 7.98. The first-order valence-corrected chi connectivity index (χ1v) is 11.5. The van der Waals surface area contributed by atoms with Gasteiger partial charge >= 0.3 is 6.18 Å². The van der Waals surface area contributed by atoms with E-state index in [2.05, 4.69) is 20.2 Å². The number of nitrogens with one attached hydrogen (secondary N) is 1. The number of piperidine rings is 1. The molecule has 2 aromatic heterocycles. The molecule has 1 saturated heterocycles. The summed E-state index contributed by atoms with van der Waals surface area (Å²) < 4.78 is 39.7. The highest BCUT2D eigenvalue weighted by atomic mass is 32.2. The fourth-order valence-electron chi connectivity index (χ4n) is 3.46. The zero-order valence-electron chi connectivity index (χ0n) is 16.1. The summed E-state index contributed by atoms with van der Waals surface area (Å²) >= 11 is 2.58. The van der Waals surface area contributed by atoms with Crippen molar-refractivity contribution in [3.8, 4) is 0 Å². The Labute approximate surface area is 179 Å². The predicted octanol–water partition coefficient (Wildman–Crippen LogP) is 5.67. The highest BCUT2D eigenvalue weighted by Crippen LogP contribution is 2.36. The summed E-state index contributed by atoms with van der Waals surface area (Å²) in [5, 5.41) is 3.78. The van der Waals surface area contributed by atoms with E-state index in [1.807, 2.05) is 6.26 Å². The molecule has 3 aromatic rings. The van der Waals surface area contributed by atoms with Crippen molar-refractivity contribution in [2.24, 2.45) is 0 Å². The second-order valence-corrected chi connectivity index (χ2v) is 8.71. The number of carbonyl (C=O) groups excluding carboxylic acids is 1. The lowest BCUT2D eigenvalue weighted by molar-refractivity contribution is -0.136. The molecule has 0 atom stereocenters.